The molecular formula is C100H142O9. The molecule has 109 heavy (non-hydrogen) atoms. The summed E-state index contributed by atoms with van der Waals surface area (Å²) in [6.07, 6.45) is 6.43. The predicted molar refractivity (Wildman–Crippen MR) is 458 cm³/mol. The first-order valence-corrected chi connectivity index (χ1v) is 40.9. The Hall–Kier alpha value is -7.65. The Bertz CT molecular complexity index is 4120. The van der Waals surface area contributed by atoms with Crippen molar-refractivity contribution in [2.45, 2.75) is 361 Å². The number of hydrogen-bond donors (Lipinski definition) is 0. The number of benzene rings is 6. The lowest BCUT2D eigenvalue weighted by atomic mass is 9.73. The van der Waals surface area contributed by atoms with Gasteiger partial charge in [-0.05, 0) is 362 Å². The highest BCUT2D eigenvalue weighted by atomic mass is 16.5. The number of carbonyl (C=O) groups is 3. The van der Waals surface area contributed by atoms with Crippen LogP contribution in [0.2, 0.25) is 0 Å². The number of Topliss-reactive ketones (excluding diaryl/α,β-unsaturated/α-hetero) is 3. The maximum atomic E-state index is 13.8. The third-order valence-electron chi connectivity index (χ3n) is 24.1. The first kappa shape index (κ1) is 90.2. The largest absolute Gasteiger partial charge is 0.483 e. The highest BCUT2D eigenvalue weighted by Gasteiger charge is 2.44. The molecule has 9 heteroatoms. The third-order valence-corrected chi connectivity index (χ3v) is 24.1. The van der Waals surface area contributed by atoms with Crippen LogP contribution in [0.4, 0.5) is 0 Å². The number of hydrogen-bond acceptors (Lipinski definition) is 9. The fourth-order valence-corrected chi connectivity index (χ4v) is 16.7. The third kappa shape index (κ3) is 18.8. The molecule has 2 unspecified atom stereocenters. The summed E-state index contributed by atoms with van der Waals surface area (Å²) in [5, 5.41) is 0. The lowest BCUT2D eigenvalue weighted by Crippen LogP contribution is -2.44. The number of carbonyl (C=O) groups excluding carboxylic acids is 3. The maximum absolute atomic E-state index is 13.8. The molecule has 0 N–H and O–H groups in total. The average Bonchev–Trinajstić information content (AvgIpc) is 0.755. The Kier molecular flexibility index (Phi) is 28.3. The van der Waals surface area contributed by atoms with E-state index in [1.807, 2.05) is 55.4 Å². The molecule has 596 valence electrons. The summed E-state index contributed by atoms with van der Waals surface area (Å²) in [5.41, 5.74) is 14.7. The summed E-state index contributed by atoms with van der Waals surface area (Å²) in [5.74, 6) is 4.43. The van der Waals surface area contributed by atoms with Gasteiger partial charge in [0.15, 0.2) is 16.8 Å². The predicted octanol–water partition coefficient (Wildman–Crippen LogP) is 27.0. The molecule has 0 aromatic heterocycles. The van der Waals surface area contributed by atoms with Crippen molar-refractivity contribution in [1.29, 1.82) is 0 Å². The van der Waals surface area contributed by atoms with Crippen molar-refractivity contribution in [3.05, 3.63) is 209 Å². The van der Waals surface area contributed by atoms with Gasteiger partial charge in [-0.25, -0.2) is 0 Å². The van der Waals surface area contributed by atoms with Gasteiger partial charge in [-0.1, -0.05) is 169 Å². The molecule has 0 amide bonds. The molecule has 0 saturated carbocycles. The zero-order chi connectivity index (χ0) is 82.8. The van der Waals surface area contributed by atoms with E-state index in [0.29, 0.717) is 80.3 Å². The van der Waals surface area contributed by atoms with Gasteiger partial charge in [0.05, 0.1) is 0 Å². The monoisotopic (exact) mass is 1490 g/mol. The molecule has 0 aliphatic heterocycles. The van der Waals surface area contributed by atoms with E-state index in [9.17, 15) is 14.4 Å². The molecule has 0 aliphatic rings. The molecule has 0 radical (unpaired) electrons. The lowest BCUT2D eigenvalue weighted by Gasteiger charge is -2.38. The van der Waals surface area contributed by atoms with Crippen LogP contribution in [0.5, 0.6) is 34.5 Å². The lowest BCUT2D eigenvalue weighted by molar-refractivity contribution is -0.131. The number of ketones is 3. The van der Waals surface area contributed by atoms with E-state index < -0.39 is 33.6 Å². The first-order chi connectivity index (χ1) is 50.3. The Morgan fingerprint density at radius 2 is 0.606 bits per heavy atom. The van der Waals surface area contributed by atoms with Gasteiger partial charge in [-0.15, -0.1) is 0 Å². The molecule has 6 aromatic rings. The van der Waals surface area contributed by atoms with Gasteiger partial charge < -0.3 is 28.4 Å². The Labute approximate surface area is 661 Å². The van der Waals surface area contributed by atoms with Crippen LogP contribution in [0.3, 0.4) is 0 Å². The van der Waals surface area contributed by atoms with E-state index in [2.05, 4.69) is 252 Å². The molecule has 2 atom stereocenters. The smallest absolute Gasteiger partial charge is 0.201 e. The summed E-state index contributed by atoms with van der Waals surface area (Å²) in [7, 11) is 0. The van der Waals surface area contributed by atoms with Gasteiger partial charge in [-0.3, -0.25) is 14.4 Å². The minimum atomic E-state index is -1.08. The highest BCUT2D eigenvalue weighted by molar-refractivity contribution is 6.02. The van der Waals surface area contributed by atoms with Gasteiger partial charge in [0.2, 0.25) is 17.3 Å². The fourth-order valence-electron chi connectivity index (χ4n) is 16.7. The van der Waals surface area contributed by atoms with Gasteiger partial charge >= 0.3 is 0 Å². The van der Waals surface area contributed by atoms with Crippen LogP contribution in [0.1, 0.15) is 349 Å². The Morgan fingerprint density at radius 3 is 0.881 bits per heavy atom. The summed E-state index contributed by atoms with van der Waals surface area (Å²) in [6, 6.07) is 27.6. The summed E-state index contributed by atoms with van der Waals surface area (Å²) >= 11 is 0. The van der Waals surface area contributed by atoms with Crippen molar-refractivity contribution in [3.8, 4) is 34.5 Å². The van der Waals surface area contributed by atoms with Gasteiger partial charge in [0, 0.05) is 5.92 Å². The van der Waals surface area contributed by atoms with E-state index in [1.165, 1.54) is 16.7 Å². The maximum Gasteiger partial charge on any atom is 0.201 e. The number of ether oxygens (including phenoxy) is 6. The van der Waals surface area contributed by atoms with Gasteiger partial charge in [0.25, 0.3) is 0 Å². The van der Waals surface area contributed by atoms with Crippen LogP contribution in [-0.2, 0) is 47.4 Å². The average molecular weight is 1490 g/mol. The van der Waals surface area contributed by atoms with Crippen molar-refractivity contribution in [1.82, 2.24) is 0 Å². The van der Waals surface area contributed by atoms with E-state index in [1.54, 1.807) is 20.8 Å². The Balaban J connectivity index is 1.61. The van der Waals surface area contributed by atoms with Crippen molar-refractivity contribution in [3.63, 3.8) is 0 Å². The molecule has 0 bridgehead atoms. The Morgan fingerprint density at radius 1 is 0.330 bits per heavy atom. The van der Waals surface area contributed by atoms with Crippen LogP contribution in [0.25, 0.3) is 0 Å². The van der Waals surface area contributed by atoms with Gasteiger partial charge in [-0.2, -0.15) is 0 Å². The molecule has 6 rings (SSSR count). The second-order valence-corrected chi connectivity index (χ2v) is 36.2. The molecular weight excluding hydrogens is 1350 g/mol. The fraction of sp³-hybridized carbons (Fsp3) is 0.550. The second kappa shape index (κ2) is 34.1. The summed E-state index contributed by atoms with van der Waals surface area (Å²) in [4.78, 5) is 40.9. The number of aryl methyl sites for hydroxylation is 9. The van der Waals surface area contributed by atoms with Crippen LogP contribution in [0, 0.1) is 62.3 Å². The van der Waals surface area contributed by atoms with E-state index >= 15 is 0 Å². The molecule has 0 fully saturated rings. The standard InChI is InChI=1S/C100H142O9/c1-38-96(37,73-47-67(20)86(68(21)48-73)107-95(35,36)89(101)60(10)11)104-83-54-64(17)76(57-80(83)92(26,27)28)63(16)53-79(77-58-81(93(29,30)31)84(55-65(77)18)105-97(39-2,40-3)74-49-69(22)87(70(23)50-74)108-99(43-6,44-7)90(102)61(12)13)78-59-82(94(32,33)34)85(56-66(78)19)106-98(41-4,42-5)75-51-71(24)88(72(25)52-75)109-100(45-8,46-9)91(103)62(14)15/h47-52,54-59,63,79H,10,12,14,38-46,53H2,1-9,11,13,15-37H3. The van der Waals surface area contributed by atoms with Crippen LogP contribution < -0.4 is 28.4 Å². The normalized spacial score (nSPS) is 13.6. The molecule has 0 heterocycles. The van der Waals surface area contributed by atoms with E-state index in [-0.39, 0.29) is 45.4 Å². The van der Waals surface area contributed by atoms with Crippen LogP contribution in [0.15, 0.2) is 109 Å². The van der Waals surface area contributed by atoms with Crippen LogP contribution >= 0.6 is 0 Å². The minimum Gasteiger partial charge on any atom is -0.483 e. The van der Waals surface area contributed by atoms with Crippen molar-refractivity contribution in [2.75, 3.05) is 0 Å². The van der Waals surface area contributed by atoms with Crippen molar-refractivity contribution in [2.24, 2.45) is 0 Å². The quantitative estimate of drug-likeness (QED) is 0.0360. The second-order valence-electron chi connectivity index (χ2n) is 36.2. The molecule has 9 nitrogen and oxygen atoms in total. The van der Waals surface area contributed by atoms with E-state index in [4.69, 9.17) is 28.4 Å². The van der Waals surface area contributed by atoms with E-state index in [0.717, 1.165) is 119 Å². The molecule has 6 aromatic carbocycles. The minimum absolute atomic E-state index is 0.0494. The zero-order valence-electron chi connectivity index (χ0n) is 74.4. The first-order valence-electron chi connectivity index (χ1n) is 40.9. The summed E-state index contributed by atoms with van der Waals surface area (Å²) < 4.78 is 43.3. The zero-order valence-corrected chi connectivity index (χ0v) is 74.4. The highest BCUT2D eigenvalue weighted by Crippen LogP contribution is 2.52. The van der Waals surface area contributed by atoms with Gasteiger partial charge in [0.1, 0.15) is 51.3 Å². The van der Waals surface area contributed by atoms with Crippen LogP contribution in [-0.4, -0.2) is 34.2 Å². The number of rotatable bonds is 35. The van der Waals surface area contributed by atoms with Crippen molar-refractivity contribution < 1.29 is 42.8 Å². The molecule has 0 spiro atoms. The van der Waals surface area contributed by atoms with Crippen molar-refractivity contribution >= 4 is 17.3 Å². The molecule has 0 aliphatic carbocycles. The molecule has 0 saturated heterocycles. The topological polar surface area (TPSA) is 107 Å². The SMILES string of the molecule is C=C(C)C(=O)C(C)(C)Oc1c(C)cc(C(C)(CC)Oc2cc(C)c(C(C)CC(c3cc(C(C)(C)C)c(OC(CC)(CC)c4cc(C)c(OC(CC)(CC)C(=O)C(=C)C)c(C)c4)cc3C)c3cc(C(C)(C)C)c(OC(CC)(CC)c4cc(C)c(OC(CC)(CC)C(=O)C(=C)C)c(C)c4)cc3C)cc2C(C)(C)C)cc1C. The summed E-state index contributed by atoms with van der Waals surface area (Å²) in [6.45, 7) is 84.6.